The second-order valence-electron chi connectivity index (χ2n) is 7.25. The molecule has 0 spiro atoms. The second kappa shape index (κ2) is 12.3. The Kier molecular flexibility index (Phi) is 9.19. The molecule has 0 saturated carbocycles. The summed E-state index contributed by atoms with van der Waals surface area (Å²) in [6.45, 7) is 2.20. The molecule has 0 aliphatic rings. The summed E-state index contributed by atoms with van der Waals surface area (Å²) in [6, 6.07) is 13.9. The molecule has 35 heavy (non-hydrogen) atoms. The number of hydrogen-bond donors (Lipinski definition) is 3. The molecular weight excluding hydrogens is 499 g/mol. The van der Waals surface area contributed by atoms with Crippen LogP contribution >= 0.6 is 23.2 Å². The van der Waals surface area contributed by atoms with Crippen molar-refractivity contribution >= 4 is 46.5 Å². The summed E-state index contributed by atoms with van der Waals surface area (Å²) in [5.41, 5.74) is 4.78. The molecule has 3 amide bonds. The van der Waals surface area contributed by atoms with Crippen LogP contribution in [0.3, 0.4) is 0 Å². The maximum atomic E-state index is 13.7. The van der Waals surface area contributed by atoms with E-state index in [1.807, 2.05) is 24.4 Å². The van der Waals surface area contributed by atoms with Crippen LogP contribution in [-0.4, -0.2) is 11.9 Å². The van der Waals surface area contributed by atoms with E-state index in [-0.39, 0.29) is 6.61 Å². The van der Waals surface area contributed by atoms with Crippen molar-refractivity contribution in [1.82, 2.24) is 10.8 Å². The van der Waals surface area contributed by atoms with Crippen LogP contribution in [0.1, 0.15) is 34.8 Å². The van der Waals surface area contributed by atoms with E-state index in [1.165, 1.54) is 0 Å². The Morgan fingerprint density at radius 3 is 2.29 bits per heavy atom. The minimum absolute atomic E-state index is 0.208. The van der Waals surface area contributed by atoms with Crippen molar-refractivity contribution in [1.29, 1.82) is 0 Å². The highest BCUT2D eigenvalue weighted by molar-refractivity contribution is 6.42. The van der Waals surface area contributed by atoms with Gasteiger partial charge in [0.25, 0.3) is 5.91 Å². The van der Waals surface area contributed by atoms with Crippen LogP contribution in [0.5, 0.6) is 0 Å². The van der Waals surface area contributed by atoms with Gasteiger partial charge in [0.1, 0.15) is 17.2 Å². The number of hydroxylamine groups is 1. The number of nitrogens with one attached hydrogen (secondary N) is 3. The van der Waals surface area contributed by atoms with Gasteiger partial charge in [-0.1, -0.05) is 60.5 Å². The Hall–Kier alpha value is -3.46. The third-order valence-corrected chi connectivity index (χ3v) is 5.43. The van der Waals surface area contributed by atoms with E-state index < -0.39 is 29.1 Å². The molecule has 3 N–H and O–H groups in total. The minimum atomic E-state index is -1.19. The van der Waals surface area contributed by atoms with Crippen molar-refractivity contribution in [3.05, 3.63) is 105 Å². The van der Waals surface area contributed by atoms with Crippen LogP contribution in [-0.2, 0) is 11.4 Å². The van der Waals surface area contributed by atoms with Gasteiger partial charge in [-0.05, 0) is 48.4 Å². The fraction of sp³-hybridized carbons (Fsp3) is 0.120. The maximum absolute atomic E-state index is 13.7. The van der Waals surface area contributed by atoms with Crippen LogP contribution < -0.4 is 16.1 Å². The van der Waals surface area contributed by atoms with Gasteiger partial charge in [0.15, 0.2) is 0 Å². The zero-order valence-electron chi connectivity index (χ0n) is 18.5. The highest BCUT2D eigenvalue weighted by atomic mass is 35.5. The number of amides is 3. The fourth-order valence-electron chi connectivity index (χ4n) is 3.01. The van der Waals surface area contributed by atoms with Crippen LogP contribution in [0.25, 0.3) is 5.70 Å². The SMILES string of the molecule is CCC=C(NOCc1ccc(NC(=O)NC(=O)c2c(F)cccc2F)cc1)c1ccc(Cl)c(Cl)c1. The first kappa shape index (κ1) is 26.2. The third-order valence-electron chi connectivity index (χ3n) is 4.69. The first-order valence-electron chi connectivity index (χ1n) is 10.5. The number of rotatable bonds is 8. The fourth-order valence-corrected chi connectivity index (χ4v) is 3.31. The summed E-state index contributed by atoms with van der Waals surface area (Å²) in [5.74, 6) is -3.32. The first-order chi connectivity index (χ1) is 16.8. The Morgan fingerprint density at radius 1 is 0.971 bits per heavy atom. The average Bonchev–Trinajstić information content (AvgIpc) is 2.81. The Balaban J connectivity index is 1.53. The molecule has 0 aliphatic heterocycles. The molecule has 6 nitrogen and oxygen atoms in total. The Bertz CT molecular complexity index is 1230. The molecule has 0 aromatic heterocycles. The van der Waals surface area contributed by atoms with Gasteiger partial charge >= 0.3 is 6.03 Å². The number of benzene rings is 3. The predicted octanol–water partition coefficient (Wildman–Crippen LogP) is 6.71. The van der Waals surface area contributed by atoms with Crippen molar-refractivity contribution in [2.75, 3.05) is 5.32 Å². The van der Waals surface area contributed by atoms with E-state index in [4.69, 9.17) is 28.0 Å². The van der Waals surface area contributed by atoms with Crippen molar-refractivity contribution in [3.8, 4) is 0 Å². The standard InChI is InChI=1S/C25H21Cl2F2N3O3/c1-2-4-22(16-9-12-18(26)19(27)13-16)32-35-14-15-7-10-17(11-8-15)30-25(34)31-24(33)23-20(28)5-3-6-21(23)29/h3-13,32H,2,14H2,1H3,(H2,30,31,33,34). The van der Waals surface area contributed by atoms with Gasteiger partial charge < -0.3 is 5.32 Å². The van der Waals surface area contributed by atoms with Crippen LogP contribution in [0.4, 0.5) is 19.3 Å². The molecule has 3 aromatic carbocycles. The zero-order valence-corrected chi connectivity index (χ0v) is 20.0. The van der Waals surface area contributed by atoms with Gasteiger partial charge in [-0.3, -0.25) is 20.4 Å². The lowest BCUT2D eigenvalue weighted by Gasteiger charge is -2.13. The Morgan fingerprint density at radius 2 is 1.66 bits per heavy atom. The Labute approximate surface area is 210 Å². The molecule has 182 valence electrons. The van der Waals surface area contributed by atoms with Gasteiger partial charge in [0.2, 0.25) is 0 Å². The van der Waals surface area contributed by atoms with Crippen LogP contribution in [0.2, 0.25) is 10.0 Å². The molecule has 3 rings (SSSR count). The molecular formula is C25H21Cl2F2N3O3. The van der Waals surface area contributed by atoms with Gasteiger partial charge in [-0.2, -0.15) is 0 Å². The lowest BCUT2D eigenvalue weighted by molar-refractivity contribution is 0.0645. The number of carbonyl (C=O) groups excluding carboxylic acids is 2. The number of anilines is 1. The molecule has 10 heteroatoms. The summed E-state index contributed by atoms with van der Waals surface area (Å²) in [7, 11) is 0. The van der Waals surface area contributed by atoms with E-state index in [9.17, 15) is 18.4 Å². The molecule has 0 aliphatic carbocycles. The average molecular weight is 520 g/mol. The number of halogens is 4. The van der Waals surface area contributed by atoms with Crippen molar-refractivity contribution < 1.29 is 23.2 Å². The van der Waals surface area contributed by atoms with Gasteiger partial charge in [-0.25, -0.2) is 13.6 Å². The second-order valence-corrected chi connectivity index (χ2v) is 8.06. The number of hydrogen-bond acceptors (Lipinski definition) is 4. The monoisotopic (exact) mass is 519 g/mol. The molecule has 3 aromatic rings. The number of carbonyl (C=O) groups is 2. The smallest absolute Gasteiger partial charge is 0.308 e. The topological polar surface area (TPSA) is 79.5 Å². The molecule has 0 bridgehead atoms. The quantitative estimate of drug-likeness (QED) is 0.289. The number of urea groups is 1. The summed E-state index contributed by atoms with van der Waals surface area (Å²) >= 11 is 12.1. The van der Waals surface area contributed by atoms with Gasteiger partial charge in [0, 0.05) is 11.3 Å². The lowest BCUT2D eigenvalue weighted by Crippen LogP contribution is -2.35. The van der Waals surface area contributed by atoms with E-state index >= 15 is 0 Å². The zero-order chi connectivity index (χ0) is 25.4. The highest BCUT2D eigenvalue weighted by Crippen LogP contribution is 2.25. The summed E-state index contributed by atoms with van der Waals surface area (Å²) in [6.07, 6.45) is 2.71. The molecule has 0 fully saturated rings. The molecule has 0 heterocycles. The lowest BCUT2D eigenvalue weighted by atomic mass is 10.1. The minimum Gasteiger partial charge on any atom is -0.308 e. The highest BCUT2D eigenvalue weighted by Gasteiger charge is 2.19. The van der Waals surface area contributed by atoms with Crippen LogP contribution in [0.15, 0.2) is 66.7 Å². The largest absolute Gasteiger partial charge is 0.326 e. The van der Waals surface area contributed by atoms with Gasteiger partial charge in [-0.15, -0.1) is 0 Å². The van der Waals surface area contributed by atoms with Crippen LogP contribution in [0, 0.1) is 11.6 Å². The van der Waals surface area contributed by atoms with Gasteiger partial charge in [0.05, 0.1) is 22.3 Å². The summed E-state index contributed by atoms with van der Waals surface area (Å²) < 4.78 is 27.4. The van der Waals surface area contributed by atoms with E-state index in [1.54, 1.807) is 36.4 Å². The van der Waals surface area contributed by atoms with Crippen molar-refractivity contribution in [2.45, 2.75) is 20.0 Å². The van der Waals surface area contributed by atoms with E-state index in [0.717, 1.165) is 41.4 Å². The molecule has 0 atom stereocenters. The third kappa shape index (κ3) is 7.26. The summed E-state index contributed by atoms with van der Waals surface area (Å²) in [4.78, 5) is 29.6. The first-order valence-corrected chi connectivity index (χ1v) is 11.2. The van der Waals surface area contributed by atoms with E-state index in [2.05, 4.69) is 10.8 Å². The number of imide groups is 1. The van der Waals surface area contributed by atoms with Crippen molar-refractivity contribution in [2.24, 2.45) is 0 Å². The predicted molar refractivity (Wildman–Crippen MR) is 132 cm³/mol. The van der Waals surface area contributed by atoms with E-state index in [0.29, 0.717) is 15.7 Å². The molecule has 0 radical (unpaired) electrons. The summed E-state index contributed by atoms with van der Waals surface area (Å²) in [5, 5.41) is 5.21. The normalized spacial score (nSPS) is 11.2. The number of allylic oxidation sites excluding steroid dienone is 1. The van der Waals surface area contributed by atoms with Crippen molar-refractivity contribution in [3.63, 3.8) is 0 Å². The molecule has 0 unspecified atom stereocenters. The molecule has 0 saturated heterocycles. The maximum Gasteiger partial charge on any atom is 0.326 e.